The van der Waals surface area contributed by atoms with Crippen LogP contribution in [0, 0.1) is 0 Å². The van der Waals surface area contributed by atoms with Crippen LogP contribution in [0.1, 0.15) is 39.1 Å². The highest BCUT2D eigenvalue weighted by molar-refractivity contribution is 6.09. The Bertz CT molecular complexity index is 2950. The Hall–Kier alpha value is -5.87. The number of para-hydroxylation sites is 2. The standard InChI is InChI=1S/C40H25N3O/c1-2-12-25(13-3-1)38-41-39(43-40(42-38)34-22-11-21-33-30-18-8-9-23-35(30)44-37(33)34)27-15-10-14-26(24-27)36-31-19-6-4-16-28(31)29-17-5-7-20-32(29)36/h1-24,36H/i4D,5D,6D,7D,10D,14D,15D,16D,17D,19D,20D,24D. The zero-order valence-electron chi connectivity index (χ0n) is 34.8. The van der Waals surface area contributed by atoms with Gasteiger partial charge in [0.05, 0.1) is 22.0 Å². The molecule has 0 bridgehead atoms. The van der Waals surface area contributed by atoms with Crippen molar-refractivity contribution < 1.29 is 20.9 Å². The van der Waals surface area contributed by atoms with Crippen LogP contribution in [-0.2, 0) is 0 Å². The van der Waals surface area contributed by atoms with E-state index in [4.69, 9.17) is 34.4 Å². The molecule has 0 radical (unpaired) electrons. The number of nitrogens with zero attached hydrogens (tertiary/aromatic N) is 3. The third kappa shape index (κ3) is 3.89. The third-order valence-electron chi connectivity index (χ3n) is 7.73. The van der Waals surface area contributed by atoms with E-state index >= 15 is 0 Å². The van der Waals surface area contributed by atoms with Gasteiger partial charge in [0.25, 0.3) is 0 Å². The fourth-order valence-corrected chi connectivity index (χ4v) is 5.77. The van der Waals surface area contributed by atoms with E-state index < -0.39 is 78.4 Å². The van der Waals surface area contributed by atoms with Gasteiger partial charge in [-0.15, -0.1) is 0 Å². The molecule has 0 amide bonds. The summed E-state index contributed by atoms with van der Waals surface area (Å²) in [6.07, 6.45) is 0. The second kappa shape index (κ2) is 9.85. The van der Waals surface area contributed by atoms with Crippen molar-refractivity contribution in [3.05, 3.63) is 162 Å². The number of hydrogen-bond acceptors (Lipinski definition) is 4. The van der Waals surface area contributed by atoms with Gasteiger partial charge in [-0.05, 0) is 46.0 Å². The second-order valence-electron chi connectivity index (χ2n) is 10.3. The van der Waals surface area contributed by atoms with Crippen LogP contribution in [0.5, 0.6) is 0 Å². The normalized spacial score (nSPS) is 16.3. The Labute approximate surface area is 271 Å². The average molecular weight is 576 g/mol. The lowest BCUT2D eigenvalue weighted by molar-refractivity contribution is 0.669. The van der Waals surface area contributed by atoms with E-state index in [-0.39, 0.29) is 50.9 Å². The molecule has 4 heteroatoms. The maximum Gasteiger partial charge on any atom is 0.167 e. The maximum atomic E-state index is 9.68. The minimum absolute atomic E-state index is 0.125. The van der Waals surface area contributed by atoms with Crippen molar-refractivity contribution in [2.45, 2.75) is 5.92 Å². The fourth-order valence-electron chi connectivity index (χ4n) is 5.77. The van der Waals surface area contributed by atoms with Gasteiger partial charge in [0.15, 0.2) is 17.5 Å². The molecule has 1 aliphatic rings. The Morgan fingerprint density at radius 1 is 0.523 bits per heavy atom. The predicted octanol–water partition coefficient (Wildman–Crippen LogP) is 9.93. The van der Waals surface area contributed by atoms with Crippen molar-refractivity contribution in [3.8, 4) is 45.3 Å². The zero-order valence-corrected chi connectivity index (χ0v) is 22.8. The van der Waals surface area contributed by atoms with Crippen LogP contribution in [0.25, 0.3) is 67.2 Å². The minimum atomic E-state index is -1.52. The van der Waals surface area contributed by atoms with Gasteiger partial charge in [0.1, 0.15) is 11.2 Å². The molecule has 206 valence electrons. The molecule has 0 atom stereocenters. The summed E-state index contributed by atoms with van der Waals surface area (Å²) in [6.45, 7) is 0. The summed E-state index contributed by atoms with van der Waals surface area (Å²) >= 11 is 0. The third-order valence-corrected chi connectivity index (χ3v) is 7.73. The van der Waals surface area contributed by atoms with Gasteiger partial charge in [0.2, 0.25) is 0 Å². The van der Waals surface area contributed by atoms with Gasteiger partial charge in [-0.2, -0.15) is 0 Å². The summed E-state index contributed by atoms with van der Waals surface area (Å²) in [7, 11) is 0. The monoisotopic (exact) mass is 575 g/mol. The smallest absolute Gasteiger partial charge is 0.167 e. The van der Waals surface area contributed by atoms with Gasteiger partial charge in [-0.3, -0.25) is 0 Å². The van der Waals surface area contributed by atoms with E-state index in [0.717, 1.165) is 10.8 Å². The van der Waals surface area contributed by atoms with E-state index in [2.05, 4.69) is 0 Å². The molecular formula is C40H25N3O. The van der Waals surface area contributed by atoms with E-state index in [9.17, 15) is 1.37 Å². The first-order valence-corrected chi connectivity index (χ1v) is 13.8. The SMILES string of the molecule is [2H]c1c([2H])c([2H])c2c(c1[2H])-c1c([2H])c([2H])c([2H])c([2H])c1C2c1c([2H])c([2H])c([2H])c(-c2nc(-c3ccccc3)nc(-c3cccc4c3oc3ccccc34)n2)c1[2H]. The van der Waals surface area contributed by atoms with E-state index in [1.54, 1.807) is 30.3 Å². The number of furan rings is 1. The van der Waals surface area contributed by atoms with Gasteiger partial charge in [-0.1, -0.05) is 127 Å². The van der Waals surface area contributed by atoms with Crippen LogP contribution in [0.15, 0.2) is 150 Å². The summed E-state index contributed by atoms with van der Waals surface area (Å²) in [5.41, 5.74) is 0.879. The zero-order chi connectivity index (χ0) is 39.5. The predicted molar refractivity (Wildman–Crippen MR) is 176 cm³/mol. The Balaban J connectivity index is 1.37. The van der Waals surface area contributed by atoms with Crippen LogP contribution in [0.4, 0.5) is 0 Å². The van der Waals surface area contributed by atoms with Crippen LogP contribution in [0.3, 0.4) is 0 Å². The molecule has 0 unspecified atom stereocenters. The van der Waals surface area contributed by atoms with Crippen LogP contribution in [0.2, 0.25) is 0 Å². The van der Waals surface area contributed by atoms with Crippen LogP contribution < -0.4 is 0 Å². The average Bonchev–Trinajstić information content (AvgIpc) is 3.77. The van der Waals surface area contributed by atoms with Crippen LogP contribution in [-0.4, -0.2) is 15.0 Å². The molecule has 0 aliphatic heterocycles. The van der Waals surface area contributed by atoms with Crippen LogP contribution >= 0.6 is 0 Å². The number of benzene rings is 6. The molecule has 9 rings (SSSR count). The highest BCUT2D eigenvalue weighted by Crippen LogP contribution is 2.48. The molecule has 0 N–H and O–H groups in total. The minimum Gasteiger partial charge on any atom is -0.455 e. The first-order chi connectivity index (χ1) is 26.8. The Kier molecular flexibility index (Phi) is 3.48. The van der Waals surface area contributed by atoms with Crippen molar-refractivity contribution in [1.82, 2.24) is 15.0 Å². The largest absolute Gasteiger partial charge is 0.455 e. The summed E-state index contributed by atoms with van der Waals surface area (Å²) in [4.78, 5) is 14.3. The highest BCUT2D eigenvalue weighted by atomic mass is 16.3. The van der Waals surface area contributed by atoms with Crippen molar-refractivity contribution in [2.75, 3.05) is 0 Å². The van der Waals surface area contributed by atoms with Crippen molar-refractivity contribution in [1.29, 1.82) is 0 Å². The molecule has 0 spiro atoms. The van der Waals surface area contributed by atoms with E-state index in [1.807, 2.05) is 42.5 Å². The summed E-state index contributed by atoms with van der Waals surface area (Å²) in [6, 6.07) is 14.8. The summed E-state index contributed by atoms with van der Waals surface area (Å²) in [5, 5.41) is 1.66. The Morgan fingerprint density at radius 2 is 1.18 bits per heavy atom. The van der Waals surface area contributed by atoms with Gasteiger partial charge in [-0.25, -0.2) is 15.0 Å². The first-order valence-electron chi connectivity index (χ1n) is 19.8. The number of rotatable bonds is 4. The van der Waals surface area contributed by atoms with Gasteiger partial charge >= 0.3 is 0 Å². The lowest BCUT2D eigenvalue weighted by atomic mass is 9.88. The molecule has 2 heterocycles. The number of hydrogen-bond donors (Lipinski definition) is 0. The van der Waals surface area contributed by atoms with Crippen molar-refractivity contribution in [3.63, 3.8) is 0 Å². The molecule has 2 aromatic heterocycles. The maximum absolute atomic E-state index is 9.68. The highest BCUT2D eigenvalue weighted by Gasteiger charge is 2.29. The molecule has 6 aromatic carbocycles. The molecular weight excluding hydrogens is 538 g/mol. The quantitative estimate of drug-likeness (QED) is 0.210. The first kappa shape index (κ1) is 15.6. The molecule has 0 saturated heterocycles. The summed E-state index contributed by atoms with van der Waals surface area (Å²) < 4.78 is 113. The Morgan fingerprint density at radius 3 is 1.98 bits per heavy atom. The molecule has 0 fully saturated rings. The second-order valence-corrected chi connectivity index (χ2v) is 10.3. The van der Waals surface area contributed by atoms with Gasteiger partial charge in [0, 0.05) is 27.8 Å². The lowest BCUT2D eigenvalue weighted by Crippen LogP contribution is -2.02. The van der Waals surface area contributed by atoms with Crippen molar-refractivity contribution in [2.24, 2.45) is 0 Å². The van der Waals surface area contributed by atoms with E-state index in [0.29, 0.717) is 22.3 Å². The van der Waals surface area contributed by atoms with E-state index in [1.165, 1.54) is 0 Å². The fraction of sp³-hybridized carbons (Fsp3) is 0.0250. The molecule has 0 saturated carbocycles. The molecule has 8 aromatic rings. The number of fused-ring (bicyclic) bond motifs is 6. The molecule has 44 heavy (non-hydrogen) atoms. The van der Waals surface area contributed by atoms with Crippen molar-refractivity contribution >= 4 is 21.9 Å². The molecule has 1 aliphatic carbocycles. The van der Waals surface area contributed by atoms with Gasteiger partial charge < -0.3 is 4.42 Å². The topological polar surface area (TPSA) is 51.8 Å². The lowest BCUT2D eigenvalue weighted by Gasteiger charge is -2.16. The number of aromatic nitrogens is 3. The molecule has 4 nitrogen and oxygen atoms in total. The summed E-state index contributed by atoms with van der Waals surface area (Å²) in [5.74, 6) is -1.43.